The Kier molecular flexibility index (Phi) is 2.88. The molecule has 3 nitrogen and oxygen atoms in total. The zero-order chi connectivity index (χ0) is 10.7. The van der Waals surface area contributed by atoms with Crippen molar-refractivity contribution in [2.75, 3.05) is 6.61 Å². The lowest BCUT2D eigenvalue weighted by molar-refractivity contribution is -0.0629. The fraction of sp³-hybridized carbons (Fsp3) is 0.700. The second-order valence-electron chi connectivity index (χ2n) is 4.00. The molecule has 1 radical (unpaired) electrons. The summed E-state index contributed by atoms with van der Waals surface area (Å²) in [6.07, 6.45) is 4.48. The first-order chi connectivity index (χ1) is 7.16. The van der Waals surface area contributed by atoms with Crippen molar-refractivity contribution in [3.05, 3.63) is 12.0 Å². The van der Waals surface area contributed by atoms with Crippen molar-refractivity contribution in [3.63, 3.8) is 0 Å². The Hall–Kier alpha value is -1.13. The van der Waals surface area contributed by atoms with Crippen molar-refractivity contribution < 1.29 is 13.5 Å². The number of alkyl halides is 2. The maximum atomic E-state index is 13.0. The van der Waals surface area contributed by atoms with E-state index in [0.717, 1.165) is 6.42 Å². The summed E-state index contributed by atoms with van der Waals surface area (Å²) >= 11 is 0. The topological polar surface area (TPSA) is 35.7 Å². The minimum atomic E-state index is -2.51. The lowest BCUT2D eigenvalue weighted by Gasteiger charge is -2.28. The highest BCUT2D eigenvalue weighted by Gasteiger charge is 2.36. The van der Waals surface area contributed by atoms with E-state index in [1.165, 1.54) is 6.21 Å². The SMILES string of the molecule is FC1(F)CCCC(COC2=CC=N[N]2)C1. The molecule has 0 spiro atoms. The van der Waals surface area contributed by atoms with Crippen LogP contribution >= 0.6 is 0 Å². The van der Waals surface area contributed by atoms with Gasteiger partial charge in [0.1, 0.15) is 0 Å². The Bertz CT molecular complexity index is 289. The van der Waals surface area contributed by atoms with E-state index in [9.17, 15) is 8.78 Å². The average molecular weight is 215 g/mol. The standard InChI is InChI=1S/C10H13F2N2O/c11-10(12)4-1-2-8(6-10)7-15-9-3-5-13-14-9/h3,5,8H,1-2,4,6-7H2. The van der Waals surface area contributed by atoms with Crippen LogP contribution in [0.4, 0.5) is 8.78 Å². The van der Waals surface area contributed by atoms with Crippen LogP contribution in [-0.4, -0.2) is 18.7 Å². The summed E-state index contributed by atoms with van der Waals surface area (Å²) < 4.78 is 31.3. The predicted molar refractivity (Wildman–Crippen MR) is 51.6 cm³/mol. The lowest BCUT2D eigenvalue weighted by atomic mass is 9.87. The van der Waals surface area contributed by atoms with Crippen LogP contribution < -0.4 is 5.43 Å². The first kappa shape index (κ1) is 10.4. The van der Waals surface area contributed by atoms with Crippen molar-refractivity contribution in [1.29, 1.82) is 0 Å². The van der Waals surface area contributed by atoms with Gasteiger partial charge < -0.3 is 4.74 Å². The van der Waals surface area contributed by atoms with E-state index in [-0.39, 0.29) is 18.8 Å². The van der Waals surface area contributed by atoms with E-state index in [1.54, 1.807) is 6.08 Å². The average Bonchev–Trinajstić information content (AvgIpc) is 2.65. The summed E-state index contributed by atoms with van der Waals surface area (Å²) in [5.74, 6) is -2.15. The van der Waals surface area contributed by atoms with Gasteiger partial charge in [-0.3, -0.25) is 0 Å². The minimum absolute atomic E-state index is 0.0136. The summed E-state index contributed by atoms with van der Waals surface area (Å²) in [5, 5.41) is 3.59. The first-order valence-corrected chi connectivity index (χ1v) is 5.11. The zero-order valence-electron chi connectivity index (χ0n) is 8.33. The van der Waals surface area contributed by atoms with Gasteiger partial charge in [-0.2, -0.15) is 5.10 Å². The van der Waals surface area contributed by atoms with E-state index in [0.29, 0.717) is 18.9 Å². The van der Waals surface area contributed by atoms with Crippen LogP contribution in [0.25, 0.3) is 0 Å². The van der Waals surface area contributed by atoms with Gasteiger partial charge in [0, 0.05) is 18.9 Å². The summed E-state index contributed by atoms with van der Waals surface area (Å²) in [6, 6.07) is 0. The monoisotopic (exact) mass is 215 g/mol. The minimum Gasteiger partial charge on any atom is -0.476 e. The quantitative estimate of drug-likeness (QED) is 0.711. The van der Waals surface area contributed by atoms with Gasteiger partial charge in [-0.15, -0.1) is 5.43 Å². The van der Waals surface area contributed by atoms with Crippen LogP contribution in [0.1, 0.15) is 25.7 Å². The summed E-state index contributed by atoms with van der Waals surface area (Å²) in [5.41, 5.74) is 3.68. The van der Waals surface area contributed by atoms with E-state index in [4.69, 9.17) is 4.74 Å². The largest absolute Gasteiger partial charge is 0.476 e. The number of hydrogen-bond donors (Lipinski definition) is 0. The Morgan fingerprint density at radius 1 is 1.53 bits per heavy atom. The molecule has 0 aromatic carbocycles. The lowest BCUT2D eigenvalue weighted by Crippen LogP contribution is -2.28. The number of rotatable bonds is 3. The van der Waals surface area contributed by atoms with Gasteiger partial charge in [0.2, 0.25) is 11.8 Å². The van der Waals surface area contributed by atoms with Crippen molar-refractivity contribution in [2.45, 2.75) is 31.6 Å². The smallest absolute Gasteiger partial charge is 0.248 e. The molecule has 1 aliphatic carbocycles. The molecule has 83 valence electrons. The molecule has 2 aliphatic rings. The molecule has 2 rings (SSSR count). The van der Waals surface area contributed by atoms with Gasteiger partial charge in [0.25, 0.3) is 0 Å². The second kappa shape index (κ2) is 4.16. The third kappa shape index (κ3) is 2.91. The van der Waals surface area contributed by atoms with Crippen molar-refractivity contribution >= 4 is 6.21 Å². The third-order valence-electron chi connectivity index (χ3n) is 2.65. The van der Waals surface area contributed by atoms with Crippen LogP contribution in [0.3, 0.4) is 0 Å². The van der Waals surface area contributed by atoms with E-state index in [2.05, 4.69) is 10.5 Å². The summed E-state index contributed by atoms with van der Waals surface area (Å²) in [4.78, 5) is 0. The van der Waals surface area contributed by atoms with Crippen LogP contribution in [0.2, 0.25) is 0 Å². The number of halogens is 2. The first-order valence-electron chi connectivity index (χ1n) is 5.11. The highest BCUT2D eigenvalue weighted by Crippen LogP contribution is 2.36. The molecule has 1 aliphatic heterocycles. The molecule has 0 N–H and O–H groups in total. The van der Waals surface area contributed by atoms with Crippen LogP contribution in [0.5, 0.6) is 0 Å². The molecule has 5 heteroatoms. The van der Waals surface area contributed by atoms with E-state index in [1.807, 2.05) is 0 Å². The zero-order valence-corrected chi connectivity index (χ0v) is 8.33. The molecule has 0 aromatic heterocycles. The Morgan fingerprint density at radius 2 is 2.40 bits per heavy atom. The van der Waals surface area contributed by atoms with Crippen LogP contribution in [0.15, 0.2) is 17.1 Å². The highest BCUT2D eigenvalue weighted by atomic mass is 19.3. The number of allylic oxidation sites excluding steroid dienone is 1. The molecule has 1 unspecified atom stereocenters. The van der Waals surface area contributed by atoms with E-state index < -0.39 is 5.92 Å². The molecule has 15 heavy (non-hydrogen) atoms. The molecule has 0 bridgehead atoms. The van der Waals surface area contributed by atoms with Crippen molar-refractivity contribution in [2.24, 2.45) is 11.0 Å². The fourth-order valence-electron chi connectivity index (χ4n) is 1.92. The molecule has 0 aromatic rings. The fourth-order valence-corrected chi connectivity index (χ4v) is 1.92. The van der Waals surface area contributed by atoms with Gasteiger partial charge >= 0.3 is 0 Å². The summed E-state index contributed by atoms with van der Waals surface area (Å²) in [7, 11) is 0. The van der Waals surface area contributed by atoms with Gasteiger partial charge in [-0.1, -0.05) is 0 Å². The van der Waals surface area contributed by atoms with Crippen molar-refractivity contribution in [1.82, 2.24) is 5.43 Å². The van der Waals surface area contributed by atoms with Gasteiger partial charge in [0.05, 0.1) is 12.8 Å². The molecule has 1 fully saturated rings. The maximum Gasteiger partial charge on any atom is 0.248 e. The molecule has 1 atom stereocenters. The normalized spacial score (nSPS) is 28.4. The Morgan fingerprint density at radius 3 is 3.07 bits per heavy atom. The number of ether oxygens (including phenoxy) is 1. The van der Waals surface area contributed by atoms with Crippen LogP contribution in [-0.2, 0) is 4.74 Å². The number of nitrogens with zero attached hydrogens (tertiary/aromatic N) is 2. The second-order valence-corrected chi connectivity index (χ2v) is 4.00. The van der Waals surface area contributed by atoms with Gasteiger partial charge in [-0.05, 0) is 18.8 Å². The molecule has 1 heterocycles. The molecule has 1 saturated carbocycles. The van der Waals surface area contributed by atoms with Crippen LogP contribution in [0, 0.1) is 5.92 Å². The maximum absolute atomic E-state index is 13.0. The number of hydrogen-bond acceptors (Lipinski definition) is 2. The van der Waals surface area contributed by atoms with Crippen molar-refractivity contribution in [3.8, 4) is 0 Å². The van der Waals surface area contributed by atoms with Gasteiger partial charge in [-0.25, -0.2) is 8.78 Å². The molecule has 0 saturated heterocycles. The predicted octanol–water partition coefficient (Wildman–Crippen LogP) is 2.27. The molecular formula is C10H13F2N2O. The Balaban J connectivity index is 1.75. The van der Waals surface area contributed by atoms with Gasteiger partial charge in [0.15, 0.2) is 0 Å². The Labute approximate surface area is 87.2 Å². The summed E-state index contributed by atoms with van der Waals surface area (Å²) in [6.45, 7) is 0.314. The molecular weight excluding hydrogens is 202 g/mol. The highest BCUT2D eigenvalue weighted by molar-refractivity contribution is 5.73. The third-order valence-corrected chi connectivity index (χ3v) is 2.65. The van der Waals surface area contributed by atoms with E-state index >= 15 is 0 Å². The molecule has 0 amide bonds.